The predicted octanol–water partition coefficient (Wildman–Crippen LogP) is 4.49. The highest BCUT2D eigenvalue weighted by atomic mass is 16.5. The van der Waals surface area contributed by atoms with E-state index in [1.54, 1.807) is 0 Å². The molecule has 0 aliphatic heterocycles. The van der Waals surface area contributed by atoms with E-state index in [1.165, 1.54) is 0 Å². The minimum atomic E-state index is -0.201. The predicted molar refractivity (Wildman–Crippen MR) is 73.4 cm³/mol. The van der Waals surface area contributed by atoms with Crippen LogP contribution in [0.4, 0.5) is 0 Å². The van der Waals surface area contributed by atoms with Gasteiger partial charge in [-0.25, -0.2) is 0 Å². The van der Waals surface area contributed by atoms with Crippen LogP contribution in [0.25, 0.3) is 0 Å². The minimum Gasteiger partial charge on any atom is -0.465 e. The molecule has 0 aliphatic rings. The summed E-state index contributed by atoms with van der Waals surface area (Å²) in [4.78, 5) is 12.2. The van der Waals surface area contributed by atoms with Crippen molar-refractivity contribution in [2.45, 2.75) is 72.6 Å². The van der Waals surface area contributed by atoms with Gasteiger partial charge in [0.15, 0.2) is 0 Å². The van der Waals surface area contributed by atoms with E-state index >= 15 is 0 Å². The molecule has 0 rings (SSSR count). The zero-order chi connectivity index (χ0) is 12.4. The summed E-state index contributed by atoms with van der Waals surface area (Å²) in [6.45, 7) is 9.04. The summed E-state index contributed by atoms with van der Waals surface area (Å²) in [7, 11) is 0. The number of carbonyl (C=O) groups is 1. The highest BCUT2D eigenvalue weighted by Gasteiger charge is 2.37. The summed E-state index contributed by atoms with van der Waals surface area (Å²) < 4.78 is 5.38. The summed E-state index contributed by atoms with van der Waals surface area (Å²) in [5.74, 6) is 0.0416. The van der Waals surface area contributed by atoms with Gasteiger partial charge in [-0.1, -0.05) is 47.0 Å². The van der Waals surface area contributed by atoms with Crippen LogP contribution >= 0.6 is 0 Å². The first-order valence-corrected chi connectivity index (χ1v) is 6.84. The minimum absolute atomic E-state index is 0. The van der Waals surface area contributed by atoms with Gasteiger partial charge in [0.1, 0.15) is 0 Å². The fourth-order valence-electron chi connectivity index (χ4n) is 2.46. The van der Waals surface area contributed by atoms with Crippen LogP contribution in [0.1, 0.15) is 72.6 Å². The second kappa shape index (κ2) is 10.6. The van der Waals surface area contributed by atoms with Gasteiger partial charge in [-0.15, -0.1) is 0 Å². The van der Waals surface area contributed by atoms with Crippen molar-refractivity contribution in [3.63, 3.8) is 0 Å². The van der Waals surface area contributed by atoms with Gasteiger partial charge in [0.25, 0.3) is 0 Å². The second-order valence-corrected chi connectivity index (χ2v) is 4.67. The third kappa shape index (κ3) is 6.06. The molecule has 3 heteroatoms. The van der Waals surface area contributed by atoms with Gasteiger partial charge in [0, 0.05) is 0 Å². The fourth-order valence-corrected chi connectivity index (χ4v) is 2.46. The van der Waals surface area contributed by atoms with Crippen molar-refractivity contribution < 1.29 is 9.53 Å². The summed E-state index contributed by atoms with van der Waals surface area (Å²) in [5, 5.41) is 0. The van der Waals surface area contributed by atoms with Gasteiger partial charge in [-0.05, 0) is 25.7 Å². The normalized spacial score (nSPS) is 10.8. The maximum atomic E-state index is 12.2. The van der Waals surface area contributed by atoms with E-state index in [4.69, 9.17) is 4.74 Å². The van der Waals surface area contributed by atoms with Crippen LogP contribution in [0.2, 0.25) is 0 Å². The van der Waals surface area contributed by atoms with Crippen LogP contribution in [-0.2, 0) is 9.53 Å². The molecule has 0 aromatic heterocycles. The molecule has 0 aliphatic carbocycles. The van der Waals surface area contributed by atoms with Gasteiger partial charge in [0.2, 0.25) is 0 Å². The molecule has 0 heterocycles. The lowest BCUT2D eigenvalue weighted by atomic mass is 9.75. The SMILES string of the molecule is CCCOC(=O)C(CCC)(CCC)CCC.N. The number of ether oxygens (including phenoxy) is 1. The Hall–Kier alpha value is -0.570. The van der Waals surface area contributed by atoms with Crippen molar-refractivity contribution in [2.24, 2.45) is 5.41 Å². The molecule has 3 N–H and O–H groups in total. The summed E-state index contributed by atoms with van der Waals surface area (Å²) in [6, 6.07) is 0. The van der Waals surface area contributed by atoms with Crippen molar-refractivity contribution in [2.75, 3.05) is 6.61 Å². The van der Waals surface area contributed by atoms with Crippen LogP contribution in [0, 0.1) is 5.41 Å². The number of carbonyl (C=O) groups excluding carboxylic acids is 1. The fraction of sp³-hybridized carbons (Fsp3) is 0.929. The average molecular weight is 245 g/mol. The molecule has 17 heavy (non-hydrogen) atoms. The van der Waals surface area contributed by atoms with Crippen LogP contribution in [-0.4, -0.2) is 12.6 Å². The monoisotopic (exact) mass is 245 g/mol. The third-order valence-corrected chi connectivity index (χ3v) is 3.06. The Morgan fingerprint density at radius 3 is 1.59 bits per heavy atom. The smallest absolute Gasteiger partial charge is 0.312 e. The van der Waals surface area contributed by atoms with Crippen molar-refractivity contribution in [1.82, 2.24) is 6.15 Å². The number of rotatable bonds is 9. The number of esters is 1. The number of hydrogen-bond donors (Lipinski definition) is 1. The topological polar surface area (TPSA) is 61.3 Å². The van der Waals surface area contributed by atoms with Gasteiger partial charge in [-0.2, -0.15) is 0 Å². The lowest BCUT2D eigenvalue weighted by Gasteiger charge is -2.30. The molecule has 0 bridgehead atoms. The van der Waals surface area contributed by atoms with Gasteiger partial charge in [0.05, 0.1) is 12.0 Å². The van der Waals surface area contributed by atoms with Crippen molar-refractivity contribution in [1.29, 1.82) is 0 Å². The Kier molecular flexibility index (Phi) is 11.7. The Balaban J connectivity index is 0. The zero-order valence-electron chi connectivity index (χ0n) is 12.2. The van der Waals surface area contributed by atoms with Crippen LogP contribution < -0.4 is 6.15 Å². The summed E-state index contributed by atoms with van der Waals surface area (Å²) >= 11 is 0. The standard InChI is InChI=1S/C14H28O2.H3N/c1-5-9-14(10-6-2,11-7-3)13(15)16-12-8-4;/h5-12H2,1-4H3;1H3. The molecule has 0 unspecified atom stereocenters. The second-order valence-electron chi connectivity index (χ2n) is 4.67. The van der Waals surface area contributed by atoms with Crippen LogP contribution in [0.3, 0.4) is 0 Å². The quantitative estimate of drug-likeness (QED) is 0.609. The first-order chi connectivity index (χ1) is 7.66. The Labute approximate surface area is 107 Å². The van der Waals surface area contributed by atoms with Crippen LogP contribution in [0.5, 0.6) is 0 Å². The average Bonchev–Trinajstić information content (AvgIpc) is 2.26. The van der Waals surface area contributed by atoms with Crippen molar-refractivity contribution >= 4 is 5.97 Å². The molecule has 0 fully saturated rings. The van der Waals surface area contributed by atoms with Crippen molar-refractivity contribution in [3.8, 4) is 0 Å². The maximum Gasteiger partial charge on any atom is 0.312 e. The van der Waals surface area contributed by atoms with Crippen molar-refractivity contribution in [3.05, 3.63) is 0 Å². The molecular formula is C14H31NO2. The molecular weight excluding hydrogens is 214 g/mol. The molecule has 0 atom stereocenters. The third-order valence-electron chi connectivity index (χ3n) is 3.06. The lowest BCUT2D eigenvalue weighted by molar-refractivity contribution is -0.157. The maximum absolute atomic E-state index is 12.2. The molecule has 0 aromatic carbocycles. The number of hydrogen-bond acceptors (Lipinski definition) is 3. The highest BCUT2D eigenvalue weighted by Crippen LogP contribution is 2.36. The first kappa shape index (κ1) is 18.8. The molecule has 104 valence electrons. The molecule has 0 amide bonds. The highest BCUT2D eigenvalue weighted by molar-refractivity contribution is 5.76. The van der Waals surface area contributed by atoms with Crippen LogP contribution in [0.15, 0.2) is 0 Å². The van der Waals surface area contributed by atoms with E-state index in [-0.39, 0.29) is 17.5 Å². The molecule has 0 saturated carbocycles. The molecule has 0 saturated heterocycles. The summed E-state index contributed by atoms with van der Waals surface area (Å²) in [6.07, 6.45) is 6.99. The Bertz CT molecular complexity index is 176. The van der Waals surface area contributed by atoms with E-state index in [0.29, 0.717) is 6.61 Å². The van der Waals surface area contributed by atoms with E-state index < -0.39 is 0 Å². The van der Waals surface area contributed by atoms with E-state index in [2.05, 4.69) is 20.8 Å². The Morgan fingerprint density at radius 2 is 1.29 bits per heavy atom. The van der Waals surface area contributed by atoms with Gasteiger partial charge >= 0.3 is 5.97 Å². The Morgan fingerprint density at radius 1 is 0.882 bits per heavy atom. The van der Waals surface area contributed by atoms with E-state index in [1.807, 2.05) is 6.92 Å². The van der Waals surface area contributed by atoms with E-state index in [9.17, 15) is 4.79 Å². The summed E-state index contributed by atoms with van der Waals surface area (Å²) in [5.41, 5.74) is -0.201. The molecule has 3 nitrogen and oxygen atoms in total. The molecule has 0 radical (unpaired) electrons. The largest absolute Gasteiger partial charge is 0.465 e. The lowest BCUT2D eigenvalue weighted by Crippen LogP contribution is -2.33. The zero-order valence-corrected chi connectivity index (χ0v) is 12.2. The van der Waals surface area contributed by atoms with Gasteiger partial charge < -0.3 is 10.9 Å². The van der Waals surface area contributed by atoms with E-state index in [0.717, 1.165) is 44.9 Å². The van der Waals surface area contributed by atoms with Gasteiger partial charge in [-0.3, -0.25) is 4.79 Å². The first-order valence-electron chi connectivity index (χ1n) is 6.84. The molecule has 0 spiro atoms. The molecule has 0 aromatic rings.